The van der Waals surface area contributed by atoms with E-state index in [1.165, 1.54) is 25.8 Å². The van der Waals surface area contributed by atoms with Gasteiger partial charge in [-0.05, 0) is 106 Å². The van der Waals surface area contributed by atoms with E-state index in [1.807, 2.05) is 0 Å². The number of fused-ring (bicyclic) bond motifs is 7. The fraction of sp³-hybridized carbons (Fsp3) is 0.956. The van der Waals surface area contributed by atoms with Gasteiger partial charge in [0.05, 0.1) is 37.6 Å². The van der Waals surface area contributed by atoms with Crippen molar-refractivity contribution in [2.24, 2.45) is 46.3 Å². The van der Waals surface area contributed by atoms with Gasteiger partial charge in [-0.3, -0.25) is 0 Å². The van der Waals surface area contributed by atoms with Crippen LogP contribution in [0.25, 0.3) is 0 Å². The lowest BCUT2D eigenvalue weighted by Gasteiger charge is -2.58. The van der Waals surface area contributed by atoms with Gasteiger partial charge in [0.25, 0.3) is 0 Å². The molecule has 5 aliphatic heterocycles. The van der Waals surface area contributed by atoms with E-state index in [-0.39, 0.29) is 23.0 Å². The van der Waals surface area contributed by atoms with E-state index in [1.54, 1.807) is 0 Å². The third kappa shape index (κ3) is 7.42. The minimum absolute atomic E-state index is 0.0171. The van der Waals surface area contributed by atoms with E-state index in [4.69, 9.17) is 37.9 Å². The van der Waals surface area contributed by atoms with Crippen LogP contribution in [0.3, 0.4) is 0 Å². The summed E-state index contributed by atoms with van der Waals surface area (Å²) in [6, 6.07) is 0. The van der Waals surface area contributed by atoms with Crippen molar-refractivity contribution in [2.75, 3.05) is 13.2 Å². The highest BCUT2D eigenvalue weighted by Gasteiger charge is 2.69. The molecule has 3 unspecified atom stereocenters. The molecule has 9 rings (SSSR count). The summed E-state index contributed by atoms with van der Waals surface area (Å²) in [5, 5.41) is 85.9. The quantitative estimate of drug-likeness (QED) is 0.168. The van der Waals surface area contributed by atoms with Crippen LogP contribution in [0.1, 0.15) is 99.3 Å². The van der Waals surface area contributed by atoms with Gasteiger partial charge in [0, 0.05) is 12.3 Å². The molecule has 61 heavy (non-hydrogen) atoms. The van der Waals surface area contributed by atoms with E-state index >= 15 is 0 Å². The predicted octanol–water partition coefficient (Wildman–Crippen LogP) is 1.24. The molecule has 8 N–H and O–H groups in total. The molecule has 0 aromatic rings. The first kappa shape index (κ1) is 45.3. The van der Waals surface area contributed by atoms with Crippen molar-refractivity contribution in [3.05, 3.63) is 11.6 Å². The van der Waals surface area contributed by atoms with Gasteiger partial charge in [0.15, 0.2) is 24.7 Å². The molecule has 5 heterocycles. The lowest BCUT2D eigenvalue weighted by molar-refractivity contribution is -0.388. The summed E-state index contributed by atoms with van der Waals surface area (Å²) < 4.78 is 50.1. The number of aliphatic hydroxyl groups is 8. The molecule has 0 aromatic carbocycles. The zero-order valence-electron chi connectivity index (χ0n) is 36.5. The first-order chi connectivity index (χ1) is 28.9. The maximum Gasteiger partial charge on any atom is 0.187 e. The summed E-state index contributed by atoms with van der Waals surface area (Å²) in [6.45, 7) is 12.7. The molecule has 0 radical (unpaired) electrons. The lowest BCUT2D eigenvalue weighted by Crippen LogP contribution is -2.66. The Hall–Kier alpha value is -0.900. The van der Waals surface area contributed by atoms with Crippen molar-refractivity contribution in [3.63, 3.8) is 0 Å². The second-order valence-corrected chi connectivity index (χ2v) is 21.1. The molecule has 8 fully saturated rings. The van der Waals surface area contributed by atoms with Crippen LogP contribution in [-0.4, -0.2) is 164 Å². The van der Waals surface area contributed by atoms with Gasteiger partial charge in [-0.1, -0.05) is 39.3 Å². The van der Waals surface area contributed by atoms with Crippen LogP contribution in [0.4, 0.5) is 0 Å². The Bertz CT molecular complexity index is 1590. The topological polar surface area (TPSA) is 236 Å². The molecule has 5 saturated heterocycles. The van der Waals surface area contributed by atoms with Gasteiger partial charge >= 0.3 is 0 Å². The predicted molar refractivity (Wildman–Crippen MR) is 213 cm³/mol. The largest absolute Gasteiger partial charge is 0.394 e. The van der Waals surface area contributed by atoms with E-state index in [0.717, 1.165) is 45.1 Å². The number of hydrogen-bond donors (Lipinski definition) is 8. The van der Waals surface area contributed by atoms with E-state index in [2.05, 4.69) is 33.8 Å². The molecular formula is C45H72O16. The van der Waals surface area contributed by atoms with Crippen molar-refractivity contribution in [2.45, 2.75) is 209 Å². The summed E-state index contributed by atoms with van der Waals surface area (Å²) in [5.41, 5.74) is 1.53. The molecular weight excluding hydrogens is 796 g/mol. The van der Waals surface area contributed by atoms with Crippen LogP contribution < -0.4 is 0 Å². The highest BCUT2D eigenvalue weighted by atomic mass is 16.8. The van der Waals surface area contributed by atoms with E-state index in [0.29, 0.717) is 48.3 Å². The fourth-order valence-corrected chi connectivity index (χ4v) is 14.0. The second-order valence-electron chi connectivity index (χ2n) is 21.1. The van der Waals surface area contributed by atoms with Crippen LogP contribution in [0.15, 0.2) is 11.6 Å². The van der Waals surface area contributed by atoms with E-state index in [9.17, 15) is 40.9 Å². The van der Waals surface area contributed by atoms with E-state index < -0.39 is 105 Å². The molecule has 3 saturated carbocycles. The highest BCUT2D eigenvalue weighted by molar-refractivity contribution is 5.26. The maximum atomic E-state index is 12.0. The van der Waals surface area contributed by atoms with Gasteiger partial charge < -0.3 is 78.7 Å². The van der Waals surface area contributed by atoms with Crippen molar-refractivity contribution in [3.8, 4) is 0 Å². The summed E-state index contributed by atoms with van der Waals surface area (Å²) in [7, 11) is 0. The molecule has 9 aliphatic rings. The number of hydrogen-bond acceptors (Lipinski definition) is 16. The molecule has 0 amide bonds. The molecule has 0 aromatic heterocycles. The second kappa shape index (κ2) is 16.8. The molecule has 4 aliphatic carbocycles. The first-order valence-corrected chi connectivity index (χ1v) is 23.2. The molecule has 348 valence electrons. The highest BCUT2D eigenvalue weighted by Crippen LogP contribution is 2.70. The van der Waals surface area contributed by atoms with Crippen molar-refractivity contribution < 1.29 is 78.7 Å². The lowest BCUT2D eigenvalue weighted by atomic mass is 9.47. The molecule has 0 bridgehead atoms. The Balaban J connectivity index is 0.916. The van der Waals surface area contributed by atoms with Crippen molar-refractivity contribution >= 4 is 0 Å². The minimum atomic E-state index is -1.71. The number of aliphatic hydroxyl groups excluding tert-OH is 8. The summed E-state index contributed by atoms with van der Waals surface area (Å²) >= 11 is 0. The molecule has 1 spiro atoms. The fourth-order valence-electron chi connectivity index (χ4n) is 14.0. The SMILES string of the molecule is CC1C2C(C[C@H]3[C@@H]4CC=C5C[C@@H](O[C@@H]6O[C@H](CO)[C@@H](O[C@@H]7O[C@@H](C)[C@H](O)[C@@H](O)[C@H]7O)[C@H](O)[C@H]6O[C@@H]6O[C@@H](C)[C@H](O)[C@@H](O)[C@H]6O)CC[C@]5(C)[C@H]4CC[C@]23C)O[C@]12CC[C@@H](C)CO2. The summed E-state index contributed by atoms with van der Waals surface area (Å²) in [6.07, 6.45) is -10.4. The average molecular weight is 869 g/mol. The maximum absolute atomic E-state index is 12.0. The molecule has 26 atom stereocenters. The minimum Gasteiger partial charge on any atom is -0.394 e. The zero-order valence-corrected chi connectivity index (χ0v) is 36.5. The van der Waals surface area contributed by atoms with Crippen LogP contribution in [0.5, 0.6) is 0 Å². The van der Waals surface area contributed by atoms with Crippen molar-refractivity contribution in [1.29, 1.82) is 0 Å². The van der Waals surface area contributed by atoms with Crippen LogP contribution in [0, 0.1) is 46.3 Å². The van der Waals surface area contributed by atoms with Crippen LogP contribution in [0.2, 0.25) is 0 Å². The Morgan fingerprint density at radius 1 is 0.689 bits per heavy atom. The average Bonchev–Trinajstić information content (AvgIpc) is 3.69. The zero-order chi connectivity index (χ0) is 43.5. The third-order valence-electron chi connectivity index (χ3n) is 17.6. The molecule has 16 nitrogen and oxygen atoms in total. The molecule has 16 heteroatoms. The monoisotopic (exact) mass is 868 g/mol. The first-order valence-electron chi connectivity index (χ1n) is 23.2. The summed E-state index contributed by atoms with van der Waals surface area (Å²) in [5.74, 6) is 2.64. The van der Waals surface area contributed by atoms with Gasteiger partial charge in [-0.2, -0.15) is 0 Å². The van der Waals surface area contributed by atoms with Crippen molar-refractivity contribution in [1.82, 2.24) is 0 Å². The van der Waals surface area contributed by atoms with Gasteiger partial charge in [0.2, 0.25) is 0 Å². The van der Waals surface area contributed by atoms with Gasteiger partial charge in [-0.15, -0.1) is 0 Å². The third-order valence-corrected chi connectivity index (χ3v) is 17.6. The smallest absolute Gasteiger partial charge is 0.187 e. The van der Waals surface area contributed by atoms with Gasteiger partial charge in [-0.25, -0.2) is 0 Å². The Kier molecular flexibility index (Phi) is 12.4. The van der Waals surface area contributed by atoms with Crippen LogP contribution in [-0.2, 0) is 37.9 Å². The standard InChI is InChI=1S/C45H72O16/c1-19-9-14-45(54-18-19)20(2)30-28(61-45)16-27-25-8-7-23-15-24(10-12-43(23,5)26(25)11-13-44(27,30)6)57-42-39(60-41-36(52)34(50)32(48)22(4)56-41)37(53)38(29(17-46)58-42)59-40-35(51)33(49)31(47)21(3)55-40/h7,19-22,24-42,46-53H,8-18H2,1-6H3/t19-,20?,21+,22+,24+,25-,26+,27+,28?,29-,30?,31+,32+,33-,34-,35-,36-,37+,38-,39-,40+,41+,42-,43+,44+,45-/m1/s1. The Morgan fingerprint density at radius 3 is 1.97 bits per heavy atom. The number of rotatable bonds is 7. The van der Waals surface area contributed by atoms with Gasteiger partial charge in [0.1, 0.15) is 61.0 Å². The number of allylic oxidation sites excluding steroid dienone is 1. The Morgan fingerprint density at radius 2 is 1.34 bits per heavy atom. The van der Waals surface area contributed by atoms with Crippen LogP contribution >= 0.6 is 0 Å². The Labute approximate surface area is 358 Å². The number of ether oxygens (including phenoxy) is 8. The summed E-state index contributed by atoms with van der Waals surface area (Å²) in [4.78, 5) is 0. The normalized spacial score (nSPS) is 58.4.